The number of ketones is 1. The number of carbonyl (C=O) groups is 1. The van der Waals surface area contributed by atoms with Gasteiger partial charge < -0.3 is 15.5 Å². The van der Waals surface area contributed by atoms with Crippen LogP contribution >= 0.6 is 0 Å². The van der Waals surface area contributed by atoms with Crippen LogP contribution in [0.1, 0.15) is 46.8 Å². The van der Waals surface area contributed by atoms with Crippen molar-refractivity contribution in [1.82, 2.24) is 15.3 Å². The van der Waals surface area contributed by atoms with E-state index in [2.05, 4.69) is 20.6 Å². The van der Waals surface area contributed by atoms with E-state index in [4.69, 9.17) is 5.26 Å². The van der Waals surface area contributed by atoms with Gasteiger partial charge in [-0.25, -0.2) is 18.7 Å². The van der Waals surface area contributed by atoms with Crippen molar-refractivity contribution in [1.29, 1.82) is 5.26 Å². The van der Waals surface area contributed by atoms with Crippen molar-refractivity contribution in [3.63, 3.8) is 0 Å². The van der Waals surface area contributed by atoms with E-state index in [0.717, 1.165) is 30.9 Å². The van der Waals surface area contributed by atoms with Crippen molar-refractivity contribution in [3.8, 4) is 6.19 Å². The largest absolute Gasteiger partial charge is 0.363 e. The van der Waals surface area contributed by atoms with E-state index in [1.165, 1.54) is 18.5 Å². The standard InChI is InChI=1S/C26H25F3N6O/c1-26(28,29)20-8-4-18(5-9-20)14-35(21-10-11-21)25-23(27)24(33-16-34-25)32-12-17-2-6-19(7-3-17)22(36)13-31-15-30/h2-9,16,21,31H,10-14H2,1H3,(H,32,33,34). The molecule has 36 heavy (non-hydrogen) atoms. The monoisotopic (exact) mass is 494 g/mol. The van der Waals surface area contributed by atoms with Crippen molar-refractivity contribution >= 4 is 17.4 Å². The second-order valence-corrected chi connectivity index (χ2v) is 8.74. The van der Waals surface area contributed by atoms with Crippen LogP contribution in [0.25, 0.3) is 0 Å². The molecule has 0 atom stereocenters. The maximum absolute atomic E-state index is 15.4. The van der Waals surface area contributed by atoms with E-state index in [0.29, 0.717) is 12.1 Å². The highest BCUT2D eigenvalue weighted by Gasteiger charge is 2.33. The summed E-state index contributed by atoms with van der Waals surface area (Å²) >= 11 is 0. The summed E-state index contributed by atoms with van der Waals surface area (Å²) in [6.45, 7) is 1.39. The predicted octanol–water partition coefficient (Wildman–Crippen LogP) is 4.76. The third-order valence-electron chi connectivity index (χ3n) is 5.91. The van der Waals surface area contributed by atoms with Crippen molar-refractivity contribution < 1.29 is 18.0 Å². The smallest absolute Gasteiger partial charge is 0.270 e. The first kappa shape index (κ1) is 25.0. The van der Waals surface area contributed by atoms with Gasteiger partial charge in [0, 0.05) is 37.2 Å². The molecule has 4 rings (SSSR count). The lowest BCUT2D eigenvalue weighted by molar-refractivity contribution is 0.0174. The maximum Gasteiger partial charge on any atom is 0.270 e. The molecule has 1 saturated carbocycles. The molecule has 186 valence electrons. The van der Waals surface area contributed by atoms with Gasteiger partial charge in [0.1, 0.15) is 6.33 Å². The van der Waals surface area contributed by atoms with E-state index < -0.39 is 11.7 Å². The van der Waals surface area contributed by atoms with Gasteiger partial charge in [0.15, 0.2) is 23.6 Å². The molecule has 0 spiro atoms. The van der Waals surface area contributed by atoms with Crippen LogP contribution in [0.4, 0.5) is 24.8 Å². The summed E-state index contributed by atoms with van der Waals surface area (Å²) in [5.74, 6) is -3.51. The van der Waals surface area contributed by atoms with Gasteiger partial charge in [-0.3, -0.25) is 4.79 Å². The van der Waals surface area contributed by atoms with E-state index >= 15 is 4.39 Å². The van der Waals surface area contributed by atoms with Gasteiger partial charge >= 0.3 is 0 Å². The number of hydrogen-bond acceptors (Lipinski definition) is 7. The topological polar surface area (TPSA) is 93.9 Å². The summed E-state index contributed by atoms with van der Waals surface area (Å²) in [7, 11) is 0. The quantitative estimate of drug-likeness (QED) is 0.225. The zero-order chi connectivity index (χ0) is 25.7. The van der Waals surface area contributed by atoms with Gasteiger partial charge in [-0.15, -0.1) is 0 Å². The van der Waals surface area contributed by atoms with Gasteiger partial charge in [-0.05, 0) is 24.0 Å². The van der Waals surface area contributed by atoms with Crippen molar-refractivity contribution in [2.75, 3.05) is 16.8 Å². The number of aromatic nitrogens is 2. The van der Waals surface area contributed by atoms with Crippen LogP contribution in [0.3, 0.4) is 0 Å². The summed E-state index contributed by atoms with van der Waals surface area (Å²) < 4.78 is 42.5. The molecular formula is C26H25F3N6O. The van der Waals surface area contributed by atoms with Crippen molar-refractivity contribution in [3.05, 3.63) is 82.9 Å². The van der Waals surface area contributed by atoms with Gasteiger partial charge in [-0.2, -0.15) is 9.65 Å². The number of alkyl halides is 2. The number of nitrogens with one attached hydrogen (secondary N) is 2. The molecule has 10 heteroatoms. The van der Waals surface area contributed by atoms with Crippen LogP contribution in [0.5, 0.6) is 0 Å². The molecule has 2 aromatic carbocycles. The molecule has 0 aliphatic heterocycles. The van der Waals surface area contributed by atoms with Crippen LogP contribution < -0.4 is 15.5 Å². The maximum atomic E-state index is 15.4. The summed E-state index contributed by atoms with van der Waals surface area (Å²) in [4.78, 5) is 22.0. The minimum Gasteiger partial charge on any atom is -0.363 e. The first-order chi connectivity index (χ1) is 17.3. The van der Waals surface area contributed by atoms with Gasteiger partial charge in [0.2, 0.25) is 5.82 Å². The first-order valence-electron chi connectivity index (χ1n) is 11.5. The molecule has 0 radical (unpaired) electrons. The van der Waals surface area contributed by atoms with Crippen LogP contribution in [0.15, 0.2) is 54.9 Å². The molecular weight excluding hydrogens is 469 g/mol. The van der Waals surface area contributed by atoms with E-state index in [1.54, 1.807) is 42.6 Å². The number of rotatable bonds is 11. The van der Waals surface area contributed by atoms with Gasteiger partial charge in [0.05, 0.1) is 6.54 Å². The van der Waals surface area contributed by atoms with Crippen molar-refractivity contribution in [2.24, 2.45) is 0 Å². The predicted molar refractivity (Wildman–Crippen MR) is 129 cm³/mol. The fraction of sp³-hybridized carbons (Fsp3) is 0.308. The lowest BCUT2D eigenvalue weighted by Gasteiger charge is -2.25. The van der Waals surface area contributed by atoms with Crippen LogP contribution in [0.2, 0.25) is 0 Å². The number of nitrogens with zero attached hydrogens (tertiary/aromatic N) is 4. The van der Waals surface area contributed by atoms with Gasteiger partial charge in [0.25, 0.3) is 5.92 Å². The normalized spacial score (nSPS) is 13.1. The average molecular weight is 495 g/mol. The Balaban J connectivity index is 1.45. The molecule has 3 aromatic rings. The fourth-order valence-electron chi connectivity index (χ4n) is 3.76. The fourth-order valence-corrected chi connectivity index (χ4v) is 3.76. The van der Waals surface area contributed by atoms with Crippen LogP contribution in [0, 0.1) is 17.3 Å². The number of benzene rings is 2. The van der Waals surface area contributed by atoms with E-state index in [1.807, 2.05) is 4.90 Å². The molecule has 7 nitrogen and oxygen atoms in total. The number of carbonyl (C=O) groups excluding carboxylic acids is 1. The number of Topliss-reactive ketones (excluding diaryl/α,β-unsaturated/α-hetero) is 1. The average Bonchev–Trinajstić information content (AvgIpc) is 3.71. The molecule has 0 unspecified atom stereocenters. The highest BCUT2D eigenvalue weighted by atomic mass is 19.3. The highest BCUT2D eigenvalue weighted by Crippen LogP contribution is 2.35. The third-order valence-corrected chi connectivity index (χ3v) is 5.91. The number of anilines is 2. The zero-order valence-electron chi connectivity index (χ0n) is 19.6. The molecule has 0 saturated heterocycles. The second kappa shape index (κ2) is 10.6. The molecule has 1 aliphatic carbocycles. The Hall–Kier alpha value is -4.13. The molecule has 1 aliphatic rings. The molecule has 0 bridgehead atoms. The second-order valence-electron chi connectivity index (χ2n) is 8.74. The SMILES string of the molecule is CC(F)(F)c1ccc(CN(c2ncnc(NCc3ccc(C(=O)CNC#N)cc3)c2F)C2CC2)cc1. The van der Waals surface area contributed by atoms with Crippen LogP contribution in [-0.2, 0) is 19.0 Å². The Kier molecular flexibility index (Phi) is 7.38. The van der Waals surface area contributed by atoms with E-state index in [9.17, 15) is 13.6 Å². The Morgan fingerprint density at radius 2 is 1.78 bits per heavy atom. The lowest BCUT2D eigenvalue weighted by Crippen LogP contribution is -2.27. The minimum absolute atomic E-state index is 0.0463. The molecule has 1 heterocycles. The number of nitriles is 1. The lowest BCUT2D eigenvalue weighted by atomic mass is 10.1. The Bertz CT molecular complexity index is 1250. The van der Waals surface area contributed by atoms with E-state index in [-0.39, 0.29) is 42.1 Å². The Labute approximate surface area is 207 Å². The summed E-state index contributed by atoms with van der Waals surface area (Å²) in [5, 5.41) is 13.8. The number of halogens is 3. The molecule has 1 fully saturated rings. The summed E-state index contributed by atoms with van der Waals surface area (Å²) in [6, 6.07) is 12.9. The first-order valence-corrected chi connectivity index (χ1v) is 11.5. The highest BCUT2D eigenvalue weighted by molar-refractivity contribution is 5.97. The number of hydrogen-bond donors (Lipinski definition) is 2. The van der Waals surface area contributed by atoms with Crippen molar-refractivity contribution in [2.45, 2.75) is 44.8 Å². The third kappa shape index (κ3) is 6.10. The molecule has 0 amide bonds. The Morgan fingerprint density at radius 3 is 2.39 bits per heavy atom. The van der Waals surface area contributed by atoms with Gasteiger partial charge in [-0.1, -0.05) is 48.5 Å². The van der Waals surface area contributed by atoms with Crippen LogP contribution in [-0.4, -0.2) is 28.3 Å². The molecule has 1 aromatic heterocycles. The molecule has 2 N–H and O–H groups in total. The minimum atomic E-state index is -2.92. The summed E-state index contributed by atoms with van der Waals surface area (Å²) in [6.07, 6.45) is 4.79. The zero-order valence-corrected chi connectivity index (χ0v) is 19.6. The Morgan fingerprint density at radius 1 is 1.11 bits per heavy atom. The summed E-state index contributed by atoms with van der Waals surface area (Å²) in [5.41, 5.74) is 1.99.